The number of hydrogen-bond acceptors (Lipinski definition) is 4. The van der Waals surface area contributed by atoms with Crippen LogP contribution in [0.3, 0.4) is 0 Å². The van der Waals surface area contributed by atoms with Gasteiger partial charge in [-0.2, -0.15) is 5.10 Å². The second-order valence-corrected chi connectivity index (χ2v) is 4.02. The number of aromatic nitrogens is 3. The molecule has 94 valence electrons. The number of nitrogens with zero attached hydrogens (tertiary/aromatic N) is 3. The topological polar surface area (TPSA) is 85.8 Å². The van der Waals surface area contributed by atoms with Gasteiger partial charge in [0.05, 0.1) is 29.3 Å². The molecule has 0 radical (unpaired) electrons. The SMILES string of the molecule is CCn1cc(NC(=O)c2cc(Cl)ncc2N)cn1. The van der Waals surface area contributed by atoms with Crippen LogP contribution < -0.4 is 11.1 Å². The predicted molar refractivity (Wildman–Crippen MR) is 69.5 cm³/mol. The maximum Gasteiger partial charge on any atom is 0.258 e. The van der Waals surface area contributed by atoms with E-state index in [4.69, 9.17) is 17.3 Å². The fraction of sp³-hybridized carbons (Fsp3) is 0.182. The molecule has 0 atom stereocenters. The molecule has 0 spiro atoms. The molecule has 0 unspecified atom stereocenters. The van der Waals surface area contributed by atoms with E-state index in [1.807, 2.05) is 6.92 Å². The van der Waals surface area contributed by atoms with Gasteiger partial charge < -0.3 is 11.1 Å². The molecule has 3 N–H and O–H groups in total. The van der Waals surface area contributed by atoms with Gasteiger partial charge in [0.15, 0.2) is 0 Å². The lowest BCUT2D eigenvalue weighted by molar-refractivity contribution is 0.102. The number of hydrogen-bond donors (Lipinski definition) is 2. The Kier molecular flexibility index (Phi) is 3.47. The van der Waals surface area contributed by atoms with E-state index in [1.165, 1.54) is 12.3 Å². The van der Waals surface area contributed by atoms with E-state index in [0.29, 0.717) is 11.3 Å². The molecule has 2 rings (SSSR count). The minimum atomic E-state index is -0.340. The number of halogens is 1. The zero-order valence-electron chi connectivity index (χ0n) is 9.72. The number of carbonyl (C=O) groups excluding carboxylic acids is 1. The first-order chi connectivity index (χ1) is 8.60. The normalized spacial score (nSPS) is 10.3. The zero-order chi connectivity index (χ0) is 13.1. The lowest BCUT2D eigenvalue weighted by Gasteiger charge is -2.05. The smallest absolute Gasteiger partial charge is 0.258 e. The Morgan fingerprint density at radius 2 is 2.33 bits per heavy atom. The molecule has 0 aliphatic carbocycles. The molecular weight excluding hydrogens is 254 g/mol. The highest BCUT2D eigenvalue weighted by molar-refractivity contribution is 6.30. The van der Waals surface area contributed by atoms with Crippen LogP contribution in [0.4, 0.5) is 11.4 Å². The Morgan fingerprint density at radius 3 is 3.00 bits per heavy atom. The van der Waals surface area contributed by atoms with Crippen LogP contribution in [0, 0.1) is 0 Å². The molecule has 0 aromatic carbocycles. The third-order valence-corrected chi connectivity index (χ3v) is 2.57. The molecule has 1 amide bonds. The Morgan fingerprint density at radius 1 is 1.56 bits per heavy atom. The quantitative estimate of drug-likeness (QED) is 0.829. The average Bonchev–Trinajstić information content (AvgIpc) is 2.80. The van der Waals surface area contributed by atoms with Crippen molar-refractivity contribution < 1.29 is 4.79 Å². The maximum absolute atomic E-state index is 12.0. The van der Waals surface area contributed by atoms with Crippen LogP contribution in [-0.4, -0.2) is 20.7 Å². The van der Waals surface area contributed by atoms with Gasteiger partial charge in [0.1, 0.15) is 5.15 Å². The van der Waals surface area contributed by atoms with Gasteiger partial charge >= 0.3 is 0 Å². The van der Waals surface area contributed by atoms with E-state index in [9.17, 15) is 4.79 Å². The summed E-state index contributed by atoms with van der Waals surface area (Å²) in [6.07, 6.45) is 4.66. The fourth-order valence-electron chi connectivity index (χ4n) is 1.44. The Hall–Kier alpha value is -2.08. The van der Waals surface area contributed by atoms with Crippen molar-refractivity contribution in [1.82, 2.24) is 14.8 Å². The molecule has 7 heteroatoms. The third kappa shape index (κ3) is 2.60. The van der Waals surface area contributed by atoms with Crippen molar-refractivity contribution in [3.63, 3.8) is 0 Å². The molecule has 0 aliphatic rings. The summed E-state index contributed by atoms with van der Waals surface area (Å²) in [5, 5.41) is 6.97. The molecular formula is C11H12ClN5O. The first kappa shape index (κ1) is 12.4. The van der Waals surface area contributed by atoms with Crippen molar-refractivity contribution in [2.75, 3.05) is 11.1 Å². The molecule has 18 heavy (non-hydrogen) atoms. The van der Waals surface area contributed by atoms with E-state index in [2.05, 4.69) is 15.4 Å². The first-order valence-electron chi connectivity index (χ1n) is 5.35. The number of pyridine rings is 1. The number of nitrogen functional groups attached to an aromatic ring is 1. The van der Waals surface area contributed by atoms with Crippen LogP contribution in [0.1, 0.15) is 17.3 Å². The van der Waals surface area contributed by atoms with Gasteiger partial charge in [-0.25, -0.2) is 4.98 Å². The van der Waals surface area contributed by atoms with Crippen LogP contribution in [0.25, 0.3) is 0 Å². The van der Waals surface area contributed by atoms with Crippen LogP contribution in [0.2, 0.25) is 5.15 Å². The molecule has 2 aromatic rings. The monoisotopic (exact) mass is 265 g/mol. The number of nitrogens with one attached hydrogen (secondary N) is 1. The highest BCUT2D eigenvalue weighted by Gasteiger charge is 2.12. The largest absolute Gasteiger partial charge is 0.397 e. The molecule has 0 fully saturated rings. The second-order valence-electron chi connectivity index (χ2n) is 3.63. The Balaban J connectivity index is 2.19. The lowest BCUT2D eigenvalue weighted by atomic mass is 10.2. The van der Waals surface area contributed by atoms with Crippen molar-refractivity contribution in [2.24, 2.45) is 0 Å². The van der Waals surface area contributed by atoms with Gasteiger partial charge in [-0.05, 0) is 13.0 Å². The summed E-state index contributed by atoms with van der Waals surface area (Å²) >= 11 is 5.73. The number of aryl methyl sites for hydroxylation is 1. The molecule has 0 bridgehead atoms. The number of anilines is 2. The zero-order valence-corrected chi connectivity index (χ0v) is 10.5. The van der Waals surface area contributed by atoms with E-state index in [-0.39, 0.29) is 16.7 Å². The number of rotatable bonds is 3. The summed E-state index contributed by atoms with van der Waals surface area (Å²) in [5.74, 6) is -0.340. The van der Waals surface area contributed by atoms with Crippen molar-refractivity contribution in [3.05, 3.63) is 35.4 Å². The first-order valence-corrected chi connectivity index (χ1v) is 5.72. The van der Waals surface area contributed by atoms with Gasteiger partial charge in [-0.1, -0.05) is 11.6 Å². The Labute approximate surface area is 109 Å². The maximum atomic E-state index is 12.0. The van der Waals surface area contributed by atoms with Gasteiger partial charge in [0.2, 0.25) is 0 Å². The van der Waals surface area contributed by atoms with Gasteiger partial charge in [0, 0.05) is 12.7 Å². The van der Waals surface area contributed by atoms with Crippen molar-refractivity contribution in [3.8, 4) is 0 Å². The summed E-state index contributed by atoms with van der Waals surface area (Å²) in [4.78, 5) is 15.8. The Bertz CT molecular complexity index is 581. The van der Waals surface area contributed by atoms with E-state index < -0.39 is 0 Å². The summed E-state index contributed by atoms with van der Waals surface area (Å²) in [7, 11) is 0. The third-order valence-electron chi connectivity index (χ3n) is 2.36. The van der Waals surface area contributed by atoms with Crippen molar-refractivity contribution in [1.29, 1.82) is 0 Å². The predicted octanol–water partition coefficient (Wildman–Crippen LogP) is 1.79. The minimum Gasteiger partial charge on any atom is -0.397 e. The van der Waals surface area contributed by atoms with Crippen LogP contribution in [-0.2, 0) is 6.54 Å². The lowest BCUT2D eigenvalue weighted by Crippen LogP contribution is -2.14. The van der Waals surface area contributed by atoms with Gasteiger partial charge in [-0.3, -0.25) is 9.48 Å². The van der Waals surface area contributed by atoms with E-state index in [0.717, 1.165) is 6.54 Å². The number of carbonyl (C=O) groups is 1. The standard InChI is InChI=1S/C11H12ClN5O/c1-2-17-6-7(4-15-17)16-11(18)8-3-10(12)14-5-9(8)13/h3-6H,2,13H2,1H3,(H,16,18). The average molecular weight is 266 g/mol. The van der Waals surface area contributed by atoms with Crippen molar-refractivity contribution >= 4 is 28.9 Å². The molecule has 0 saturated heterocycles. The summed E-state index contributed by atoms with van der Waals surface area (Å²) in [6, 6.07) is 1.43. The fourth-order valence-corrected chi connectivity index (χ4v) is 1.59. The molecule has 2 heterocycles. The summed E-state index contributed by atoms with van der Waals surface area (Å²) in [6.45, 7) is 2.69. The molecule has 0 aliphatic heterocycles. The van der Waals surface area contributed by atoms with Crippen molar-refractivity contribution in [2.45, 2.75) is 13.5 Å². The van der Waals surface area contributed by atoms with Crippen LogP contribution in [0.5, 0.6) is 0 Å². The summed E-state index contributed by atoms with van der Waals surface area (Å²) in [5.41, 5.74) is 6.85. The minimum absolute atomic E-state index is 0.221. The molecule has 2 aromatic heterocycles. The number of nitrogens with two attached hydrogens (primary N) is 1. The summed E-state index contributed by atoms with van der Waals surface area (Å²) < 4.78 is 1.71. The highest BCUT2D eigenvalue weighted by atomic mass is 35.5. The van der Waals surface area contributed by atoms with Crippen LogP contribution in [0.15, 0.2) is 24.7 Å². The van der Waals surface area contributed by atoms with E-state index in [1.54, 1.807) is 17.1 Å². The van der Waals surface area contributed by atoms with Crippen LogP contribution >= 0.6 is 11.6 Å². The number of amides is 1. The van der Waals surface area contributed by atoms with Gasteiger partial charge in [-0.15, -0.1) is 0 Å². The van der Waals surface area contributed by atoms with Gasteiger partial charge in [0.25, 0.3) is 5.91 Å². The molecule has 0 saturated carbocycles. The highest BCUT2D eigenvalue weighted by Crippen LogP contribution is 2.16. The second kappa shape index (κ2) is 5.05. The van der Waals surface area contributed by atoms with E-state index >= 15 is 0 Å². The molecule has 6 nitrogen and oxygen atoms in total.